The number of rotatable bonds is 5. The molecule has 1 atom stereocenters. The molecule has 0 saturated carbocycles. The number of amides is 4. The number of urea groups is 1. The van der Waals surface area contributed by atoms with Crippen molar-refractivity contribution >= 4 is 17.8 Å². The zero-order valence-electron chi connectivity index (χ0n) is 12.8. The number of ether oxygens (including phenoxy) is 1. The normalized spacial score (nSPS) is 20.8. The molecule has 0 spiro atoms. The summed E-state index contributed by atoms with van der Waals surface area (Å²) in [6.45, 7) is 3.44. The molecule has 4 amide bonds. The van der Waals surface area contributed by atoms with Crippen LogP contribution in [0.5, 0.6) is 5.75 Å². The predicted molar refractivity (Wildman–Crippen MR) is 78.8 cm³/mol. The van der Waals surface area contributed by atoms with Crippen LogP contribution >= 0.6 is 0 Å². The Labute approximate surface area is 128 Å². The molecule has 0 aliphatic carbocycles. The molecule has 0 unspecified atom stereocenters. The summed E-state index contributed by atoms with van der Waals surface area (Å²) in [6, 6.07) is 6.17. The maximum Gasteiger partial charge on any atom is 0.344 e. The molecule has 1 aliphatic rings. The highest BCUT2D eigenvalue weighted by molar-refractivity contribution is 6.08. The maximum absolute atomic E-state index is 12.5. The topological polar surface area (TPSA) is 87.7 Å². The number of benzene rings is 1. The fourth-order valence-corrected chi connectivity index (χ4v) is 2.27. The minimum absolute atomic E-state index is 0.246. The lowest BCUT2D eigenvalue weighted by atomic mass is 9.92. The summed E-state index contributed by atoms with van der Waals surface area (Å²) in [4.78, 5) is 36.1. The third-order valence-corrected chi connectivity index (χ3v) is 3.57. The second-order valence-electron chi connectivity index (χ2n) is 5.21. The molecule has 0 bridgehead atoms. The minimum atomic E-state index is -1.22. The fraction of sp³-hybridized carbons (Fsp3) is 0.400. The van der Waals surface area contributed by atoms with Gasteiger partial charge in [-0.2, -0.15) is 5.01 Å². The van der Waals surface area contributed by atoms with E-state index in [4.69, 9.17) is 4.74 Å². The Hall–Kier alpha value is -2.57. The SMILES string of the molecule is CCCC(=O)NN1C(=O)N[C@@](C)(c2ccc(OC)cc2)C1=O. The number of hydrogen-bond donors (Lipinski definition) is 2. The van der Waals surface area contributed by atoms with Gasteiger partial charge >= 0.3 is 6.03 Å². The van der Waals surface area contributed by atoms with E-state index in [9.17, 15) is 14.4 Å². The Kier molecular flexibility index (Phi) is 4.35. The van der Waals surface area contributed by atoms with E-state index in [1.807, 2.05) is 6.92 Å². The van der Waals surface area contributed by atoms with Crippen molar-refractivity contribution in [2.24, 2.45) is 0 Å². The van der Waals surface area contributed by atoms with Crippen LogP contribution in [0.3, 0.4) is 0 Å². The molecular weight excluding hydrogens is 286 g/mol. The van der Waals surface area contributed by atoms with E-state index in [0.29, 0.717) is 17.7 Å². The van der Waals surface area contributed by atoms with Crippen LogP contribution in [0.1, 0.15) is 32.3 Å². The second-order valence-corrected chi connectivity index (χ2v) is 5.21. The van der Waals surface area contributed by atoms with Gasteiger partial charge in [-0.05, 0) is 31.0 Å². The summed E-state index contributed by atoms with van der Waals surface area (Å²) in [5.74, 6) is -0.241. The smallest absolute Gasteiger partial charge is 0.344 e. The summed E-state index contributed by atoms with van der Waals surface area (Å²) < 4.78 is 5.07. The number of nitrogens with zero attached hydrogens (tertiary/aromatic N) is 1. The third kappa shape index (κ3) is 2.74. The fourth-order valence-electron chi connectivity index (χ4n) is 2.27. The van der Waals surface area contributed by atoms with Crippen molar-refractivity contribution in [3.8, 4) is 5.75 Å². The summed E-state index contributed by atoms with van der Waals surface area (Å²) in [6.07, 6.45) is 0.877. The molecule has 0 radical (unpaired) electrons. The van der Waals surface area contributed by atoms with Crippen LogP contribution < -0.4 is 15.5 Å². The molecule has 1 aromatic rings. The Balaban J connectivity index is 2.23. The van der Waals surface area contributed by atoms with Gasteiger partial charge in [-0.3, -0.25) is 15.0 Å². The molecule has 7 nitrogen and oxygen atoms in total. The molecule has 22 heavy (non-hydrogen) atoms. The number of imide groups is 1. The van der Waals surface area contributed by atoms with Crippen molar-refractivity contribution < 1.29 is 19.1 Å². The quantitative estimate of drug-likeness (QED) is 0.803. The van der Waals surface area contributed by atoms with Gasteiger partial charge in [0.05, 0.1) is 7.11 Å². The molecule has 118 valence electrons. The lowest BCUT2D eigenvalue weighted by molar-refractivity contribution is -0.139. The lowest BCUT2D eigenvalue weighted by Gasteiger charge is -2.22. The second kappa shape index (κ2) is 6.05. The van der Waals surface area contributed by atoms with E-state index in [2.05, 4.69) is 10.7 Å². The molecule has 1 aromatic carbocycles. The molecule has 1 aliphatic heterocycles. The molecule has 1 heterocycles. The van der Waals surface area contributed by atoms with E-state index < -0.39 is 17.5 Å². The zero-order valence-corrected chi connectivity index (χ0v) is 12.8. The average molecular weight is 305 g/mol. The number of carbonyl (C=O) groups excluding carboxylic acids is 3. The first-order valence-corrected chi connectivity index (χ1v) is 7.03. The van der Waals surface area contributed by atoms with Crippen LogP contribution in [0, 0.1) is 0 Å². The highest BCUT2D eigenvalue weighted by Gasteiger charge is 2.49. The molecule has 2 rings (SSSR count). The average Bonchev–Trinajstić information content (AvgIpc) is 2.72. The van der Waals surface area contributed by atoms with Crippen molar-refractivity contribution in [2.45, 2.75) is 32.2 Å². The highest BCUT2D eigenvalue weighted by Crippen LogP contribution is 2.29. The molecule has 0 aromatic heterocycles. The van der Waals surface area contributed by atoms with Crippen molar-refractivity contribution in [1.29, 1.82) is 0 Å². The monoisotopic (exact) mass is 305 g/mol. The standard InChI is InChI=1S/C15H19N3O4/c1-4-5-12(19)17-18-13(20)15(2,16-14(18)21)10-6-8-11(22-3)9-7-10/h6-9H,4-5H2,1-3H3,(H,16,21)(H,17,19)/t15-/m0/s1. The molecular formula is C15H19N3O4. The van der Waals surface area contributed by atoms with Gasteiger partial charge < -0.3 is 10.1 Å². The van der Waals surface area contributed by atoms with Crippen molar-refractivity contribution in [3.63, 3.8) is 0 Å². The van der Waals surface area contributed by atoms with E-state index in [1.165, 1.54) is 0 Å². The van der Waals surface area contributed by atoms with Gasteiger partial charge in [0.1, 0.15) is 11.3 Å². The Morgan fingerprint density at radius 2 is 1.95 bits per heavy atom. The first kappa shape index (κ1) is 15.8. The van der Waals surface area contributed by atoms with Crippen molar-refractivity contribution in [1.82, 2.24) is 15.8 Å². The van der Waals surface area contributed by atoms with Crippen LogP contribution in [0.4, 0.5) is 4.79 Å². The van der Waals surface area contributed by atoms with Crippen LogP contribution in [-0.2, 0) is 15.1 Å². The zero-order chi connectivity index (χ0) is 16.3. The summed E-state index contributed by atoms with van der Waals surface area (Å²) in [7, 11) is 1.55. The van der Waals surface area contributed by atoms with Crippen molar-refractivity contribution in [3.05, 3.63) is 29.8 Å². The van der Waals surface area contributed by atoms with E-state index in [0.717, 1.165) is 5.01 Å². The Morgan fingerprint density at radius 3 is 2.50 bits per heavy atom. The van der Waals surface area contributed by atoms with Gasteiger partial charge in [0.15, 0.2) is 0 Å². The summed E-state index contributed by atoms with van der Waals surface area (Å²) >= 11 is 0. The van der Waals surface area contributed by atoms with Gasteiger partial charge in [0.25, 0.3) is 5.91 Å². The maximum atomic E-state index is 12.5. The number of nitrogens with one attached hydrogen (secondary N) is 2. The van der Waals surface area contributed by atoms with Crippen LogP contribution in [0.25, 0.3) is 0 Å². The number of hydrazine groups is 1. The molecule has 7 heteroatoms. The lowest BCUT2D eigenvalue weighted by Crippen LogP contribution is -2.47. The molecule has 1 saturated heterocycles. The van der Waals surface area contributed by atoms with Gasteiger partial charge in [0, 0.05) is 6.42 Å². The number of hydrogen-bond acceptors (Lipinski definition) is 4. The van der Waals surface area contributed by atoms with Gasteiger partial charge in [-0.25, -0.2) is 4.79 Å². The summed E-state index contributed by atoms with van der Waals surface area (Å²) in [5, 5.41) is 3.35. The van der Waals surface area contributed by atoms with Gasteiger partial charge in [-0.15, -0.1) is 0 Å². The molecule has 1 fully saturated rings. The van der Waals surface area contributed by atoms with Gasteiger partial charge in [0.2, 0.25) is 5.91 Å². The first-order valence-electron chi connectivity index (χ1n) is 7.03. The Bertz CT molecular complexity index is 599. The Morgan fingerprint density at radius 1 is 1.32 bits per heavy atom. The first-order chi connectivity index (χ1) is 10.4. The predicted octanol–water partition coefficient (Wildman–Crippen LogP) is 1.29. The molecule has 2 N–H and O–H groups in total. The number of carbonyl (C=O) groups is 3. The minimum Gasteiger partial charge on any atom is -0.497 e. The van der Waals surface area contributed by atoms with Crippen LogP contribution in [0.2, 0.25) is 0 Å². The van der Waals surface area contributed by atoms with Crippen molar-refractivity contribution in [2.75, 3.05) is 7.11 Å². The third-order valence-electron chi connectivity index (χ3n) is 3.57. The summed E-state index contributed by atoms with van der Waals surface area (Å²) in [5.41, 5.74) is 1.73. The van der Waals surface area contributed by atoms with Crippen LogP contribution in [0.15, 0.2) is 24.3 Å². The van der Waals surface area contributed by atoms with E-state index in [-0.39, 0.29) is 12.3 Å². The highest BCUT2D eigenvalue weighted by atomic mass is 16.5. The largest absolute Gasteiger partial charge is 0.497 e. The van der Waals surface area contributed by atoms with Crippen LogP contribution in [-0.4, -0.2) is 30.0 Å². The number of methoxy groups -OCH3 is 1. The van der Waals surface area contributed by atoms with E-state index >= 15 is 0 Å². The van der Waals surface area contributed by atoms with Gasteiger partial charge in [-0.1, -0.05) is 19.1 Å². The van der Waals surface area contributed by atoms with E-state index in [1.54, 1.807) is 38.3 Å².